The second-order valence-electron chi connectivity index (χ2n) is 6.93. The van der Waals surface area contributed by atoms with Gasteiger partial charge in [0, 0.05) is 31.2 Å². The van der Waals surface area contributed by atoms with E-state index in [9.17, 15) is 0 Å². The van der Waals surface area contributed by atoms with Crippen molar-refractivity contribution < 1.29 is 4.74 Å². The summed E-state index contributed by atoms with van der Waals surface area (Å²) < 4.78 is 5.45. The smallest absolute Gasteiger partial charge is 0.175 e. The van der Waals surface area contributed by atoms with Crippen molar-refractivity contribution in [1.82, 2.24) is 19.9 Å². The number of anilines is 3. The molecule has 8 heteroatoms. The van der Waals surface area contributed by atoms with Gasteiger partial charge in [-0.25, -0.2) is 15.0 Å². The molecule has 0 radical (unpaired) electrons. The Morgan fingerprint density at radius 3 is 2.79 bits per heavy atom. The van der Waals surface area contributed by atoms with Crippen LogP contribution in [0.25, 0.3) is 10.7 Å². The number of ether oxygens (including phenoxy) is 1. The molecule has 0 aliphatic carbocycles. The standard InChI is InChI=1S/C20H24N6OS/c1-25-10-8-15(13-25)26(2)14-4-7-18(22-12-14)24-19-17(27-3)6-5-16(23-19)20-21-9-11-28-20/h4-7,9,11-12,15H,8,10,13H2,1-3H3,(H,22,23,24). The zero-order valence-electron chi connectivity index (χ0n) is 16.3. The third kappa shape index (κ3) is 3.93. The molecular weight excluding hydrogens is 372 g/mol. The lowest BCUT2D eigenvalue weighted by molar-refractivity contribution is 0.409. The van der Waals surface area contributed by atoms with Gasteiger partial charge in [0.1, 0.15) is 16.5 Å². The average molecular weight is 397 g/mol. The highest BCUT2D eigenvalue weighted by Crippen LogP contribution is 2.30. The van der Waals surface area contributed by atoms with Crippen LogP contribution in [0.15, 0.2) is 42.0 Å². The van der Waals surface area contributed by atoms with Crippen LogP contribution in [-0.4, -0.2) is 60.2 Å². The van der Waals surface area contributed by atoms with Crippen molar-refractivity contribution in [3.8, 4) is 16.5 Å². The van der Waals surface area contributed by atoms with E-state index in [1.807, 2.05) is 29.8 Å². The molecule has 4 heterocycles. The van der Waals surface area contributed by atoms with Crippen LogP contribution >= 0.6 is 11.3 Å². The predicted molar refractivity (Wildman–Crippen MR) is 114 cm³/mol. The third-order valence-corrected chi connectivity index (χ3v) is 5.84. The maximum atomic E-state index is 5.45. The predicted octanol–water partition coefficient (Wildman–Crippen LogP) is 3.49. The average Bonchev–Trinajstić information content (AvgIpc) is 3.40. The van der Waals surface area contributed by atoms with Crippen molar-refractivity contribution in [2.45, 2.75) is 12.5 Å². The SMILES string of the molecule is COc1ccc(-c2nccs2)nc1Nc1ccc(N(C)C2CCN(C)C2)cn1. The molecule has 0 aromatic carbocycles. The van der Waals surface area contributed by atoms with Crippen LogP contribution < -0.4 is 15.0 Å². The Labute approximate surface area is 169 Å². The molecule has 0 spiro atoms. The molecule has 0 bridgehead atoms. The van der Waals surface area contributed by atoms with Gasteiger partial charge in [-0.1, -0.05) is 0 Å². The fourth-order valence-electron chi connectivity index (χ4n) is 3.40. The molecule has 3 aromatic rings. The molecule has 7 nitrogen and oxygen atoms in total. The summed E-state index contributed by atoms with van der Waals surface area (Å²) in [5.41, 5.74) is 1.92. The highest BCUT2D eigenvalue weighted by atomic mass is 32.1. The van der Waals surface area contributed by atoms with Crippen LogP contribution in [0.4, 0.5) is 17.3 Å². The lowest BCUT2D eigenvalue weighted by atomic mass is 10.2. The Bertz CT molecular complexity index is 915. The minimum absolute atomic E-state index is 0.530. The molecule has 146 valence electrons. The normalized spacial score (nSPS) is 16.9. The van der Waals surface area contributed by atoms with Gasteiger partial charge in [0.25, 0.3) is 0 Å². The fraction of sp³-hybridized carbons (Fsp3) is 0.350. The molecule has 1 fully saturated rings. The zero-order chi connectivity index (χ0) is 19.5. The Balaban J connectivity index is 1.52. The van der Waals surface area contributed by atoms with E-state index < -0.39 is 0 Å². The van der Waals surface area contributed by atoms with E-state index in [2.05, 4.69) is 50.2 Å². The summed E-state index contributed by atoms with van der Waals surface area (Å²) in [6.45, 7) is 2.23. The van der Waals surface area contributed by atoms with E-state index in [1.54, 1.807) is 24.6 Å². The largest absolute Gasteiger partial charge is 0.493 e. The topological polar surface area (TPSA) is 66.4 Å². The highest BCUT2D eigenvalue weighted by molar-refractivity contribution is 7.13. The van der Waals surface area contributed by atoms with E-state index in [4.69, 9.17) is 4.74 Å². The quantitative estimate of drug-likeness (QED) is 0.684. The first-order chi connectivity index (χ1) is 13.6. The summed E-state index contributed by atoms with van der Waals surface area (Å²) in [5.74, 6) is 2.02. The van der Waals surface area contributed by atoms with E-state index in [-0.39, 0.29) is 0 Å². The third-order valence-electron chi connectivity index (χ3n) is 5.05. The van der Waals surface area contributed by atoms with Gasteiger partial charge in [-0.2, -0.15) is 0 Å². The van der Waals surface area contributed by atoms with Crippen molar-refractivity contribution in [3.05, 3.63) is 42.0 Å². The van der Waals surface area contributed by atoms with Gasteiger partial charge in [0.05, 0.1) is 19.0 Å². The van der Waals surface area contributed by atoms with E-state index in [1.165, 1.54) is 6.42 Å². The van der Waals surface area contributed by atoms with Gasteiger partial charge in [-0.15, -0.1) is 11.3 Å². The van der Waals surface area contributed by atoms with Crippen LogP contribution in [0.5, 0.6) is 5.75 Å². The molecule has 1 N–H and O–H groups in total. The molecule has 3 aromatic heterocycles. The molecule has 4 rings (SSSR count). The first-order valence-electron chi connectivity index (χ1n) is 9.23. The Morgan fingerprint density at radius 1 is 1.25 bits per heavy atom. The Morgan fingerprint density at radius 2 is 2.14 bits per heavy atom. The maximum absolute atomic E-state index is 5.45. The molecule has 0 saturated carbocycles. The molecule has 1 atom stereocenters. The maximum Gasteiger partial charge on any atom is 0.175 e. The number of nitrogens with one attached hydrogen (secondary N) is 1. The number of hydrogen-bond donors (Lipinski definition) is 1. The first kappa shape index (κ1) is 18.6. The summed E-state index contributed by atoms with van der Waals surface area (Å²) >= 11 is 1.55. The molecule has 1 aliphatic rings. The van der Waals surface area contributed by atoms with Crippen molar-refractivity contribution in [3.63, 3.8) is 0 Å². The number of hydrogen-bond acceptors (Lipinski definition) is 8. The molecule has 1 unspecified atom stereocenters. The minimum atomic E-state index is 0.530. The van der Waals surface area contributed by atoms with Gasteiger partial charge in [-0.3, -0.25) is 0 Å². The van der Waals surface area contributed by atoms with Crippen LogP contribution in [0.2, 0.25) is 0 Å². The number of likely N-dealkylation sites (tertiary alicyclic amines) is 1. The zero-order valence-corrected chi connectivity index (χ0v) is 17.1. The van der Waals surface area contributed by atoms with Gasteiger partial charge in [0.2, 0.25) is 0 Å². The van der Waals surface area contributed by atoms with Gasteiger partial charge < -0.3 is 19.9 Å². The van der Waals surface area contributed by atoms with Crippen molar-refractivity contribution >= 4 is 28.7 Å². The van der Waals surface area contributed by atoms with E-state index >= 15 is 0 Å². The van der Waals surface area contributed by atoms with E-state index in [0.717, 1.165) is 35.3 Å². The van der Waals surface area contributed by atoms with Gasteiger partial charge in [0.15, 0.2) is 11.6 Å². The molecule has 1 saturated heterocycles. The Kier molecular flexibility index (Phi) is 5.40. The monoisotopic (exact) mass is 396 g/mol. The summed E-state index contributed by atoms with van der Waals surface area (Å²) in [4.78, 5) is 18.2. The number of likely N-dealkylation sites (N-methyl/N-ethyl adjacent to an activating group) is 2. The highest BCUT2D eigenvalue weighted by Gasteiger charge is 2.23. The van der Waals surface area contributed by atoms with Gasteiger partial charge in [-0.05, 0) is 44.3 Å². The van der Waals surface area contributed by atoms with Crippen LogP contribution in [0, 0.1) is 0 Å². The molecule has 28 heavy (non-hydrogen) atoms. The Hall–Kier alpha value is -2.71. The number of nitrogens with zero attached hydrogens (tertiary/aromatic N) is 5. The minimum Gasteiger partial charge on any atom is -0.493 e. The number of thiazole rings is 1. The first-order valence-corrected chi connectivity index (χ1v) is 10.1. The summed E-state index contributed by atoms with van der Waals surface area (Å²) in [7, 11) is 5.94. The molecule has 1 aliphatic heterocycles. The second-order valence-corrected chi connectivity index (χ2v) is 7.82. The summed E-state index contributed by atoms with van der Waals surface area (Å²) in [5, 5.41) is 6.08. The number of pyridine rings is 2. The van der Waals surface area contributed by atoms with Crippen molar-refractivity contribution in [2.75, 3.05) is 44.5 Å². The van der Waals surface area contributed by atoms with Crippen LogP contribution in [-0.2, 0) is 0 Å². The fourth-order valence-corrected chi connectivity index (χ4v) is 4.01. The molecular formula is C20H24N6OS. The van der Waals surface area contributed by atoms with Gasteiger partial charge >= 0.3 is 0 Å². The lowest BCUT2D eigenvalue weighted by Crippen LogP contribution is -2.33. The molecule has 0 amide bonds. The summed E-state index contributed by atoms with van der Waals surface area (Å²) in [6.07, 6.45) is 4.85. The summed E-state index contributed by atoms with van der Waals surface area (Å²) in [6, 6.07) is 8.40. The van der Waals surface area contributed by atoms with Crippen molar-refractivity contribution in [2.24, 2.45) is 0 Å². The number of aromatic nitrogens is 3. The second kappa shape index (κ2) is 8.12. The number of methoxy groups -OCH3 is 1. The number of rotatable bonds is 6. The van der Waals surface area contributed by atoms with Crippen LogP contribution in [0.1, 0.15) is 6.42 Å². The van der Waals surface area contributed by atoms with E-state index in [0.29, 0.717) is 17.6 Å². The van der Waals surface area contributed by atoms with Crippen LogP contribution in [0.3, 0.4) is 0 Å². The van der Waals surface area contributed by atoms with Crippen molar-refractivity contribution in [1.29, 1.82) is 0 Å². The lowest BCUT2D eigenvalue weighted by Gasteiger charge is -2.26.